The fourth-order valence-electron chi connectivity index (χ4n) is 2.62. The molecule has 0 aliphatic rings. The third kappa shape index (κ3) is 4.85. The number of aromatic nitrogens is 2. The topological polar surface area (TPSA) is 40.7 Å². The van der Waals surface area contributed by atoms with E-state index in [0.29, 0.717) is 0 Å². The van der Waals surface area contributed by atoms with E-state index in [0.717, 1.165) is 30.0 Å². The minimum Gasteiger partial charge on any atom is -0.358 e. The van der Waals surface area contributed by atoms with Crippen LogP contribution in [0, 0.1) is 6.92 Å². The molecule has 0 bridgehead atoms. The van der Waals surface area contributed by atoms with Crippen molar-refractivity contribution < 1.29 is 0 Å². The Morgan fingerprint density at radius 3 is 2.61 bits per heavy atom. The molecule has 1 aromatic carbocycles. The average Bonchev–Trinajstić information content (AvgIpc) is 2.80. The number of hydrogen-bond acceptors (Lipinski definition) is 2. The smallest absolute Gasteiger partial charge is 0.0459 e. The molecule has 0 radical (unpaired) electrons. The highest BCUT2D eigenvalue weighted by atomic mass is 35.5. The van der Waals surface area contributed by atoms with Crippen LogP contribution in [0.3, 0.4) is 0 Å². The van der Waals surface area contributed by atoms with Crippen LogP contribution in [0.25, 0.3) is 10.9 Å². The Balaban J connectivity index is 0.00000132. The summed E-state index contributed by atoms with van der Waals surface area (Å²) in [5, 5.41) is 5.48. The number of nitrogens with one attached hydrogen (secondary N) is 2. The summed E-state index contributed by atoms with van der Waals surface area (Å²) >= 11 is 6.11. The molecule has 2 N–H and O–H groups in total. The van der Waals surface area contributed by atoms with Gasteiger partial charge in [0, 0.05) is 40.6 Å². The number of H-pyrrole nitrogens is 1. The second-order valence-corrected chi connectivity index (χ2v) is 5.64. The number of pyridine rings is 1. The molecule has 2 aromatic heterocycles. The van der Waals surface area contributed by atoms with Crippen molar-refractivity contribution in [2.24, 2.45) is 0 Å². The van der Waals surface area contributed by atoms with Crippen molar-refractivity contribution in [1.29, 1.82) is 0 Å². The van der Waals surface area contributed by atoms with Crippen LogP contribution < -0.4 is 5.32 Å². The van der Waals surface area contributed by atoms with Crippen molar-refractivity contribution in [3.63, 3.8) is 0 Å². The first-order chi connectivity index (χ1) is 10.2. The van der Waals surface area contributed by atoms with Crippen LogP contribution in [0.2, 0.25) is 5.02 Å². The number of rotatable bonds is 5. The molecule has 0 unspecified atom stereocenters. The molecule has 0 aliphatic carbocycles. The maximum atomic E-state index is 6.11. The monoisotopic (exact) mass is 371 g/mol. The second kappa shape index (κ2) is 9.14. The number of halogens is 3. The zero-order chi connectivity index (χ0) is 14.7. The van der Waals surface area contributed by atoms with Crippen molar-refractivity contribution in [1.82, 2.24) is 15.3 Å². The third-order valence-corrected chi connectivity index (χ3v) is 3.95. The Morgan fingerprint density at radius 2 is 1.87 bits per heavy atom. The lowest BCUT2D eigenvalue weighted by atomic mass is 10.1. The number of hydrogen-bond donors (Lipinski definition) is 2. The van der Waals surface area contributed by atoms with Gasteiger partial charge in [-0.15, -0.1) is 24.8 Å². The number of fused-ring (bicyclic) bond motifs is 1. The van der Waals surface area contributed by atoms with Crippen LogP contribution in [0.5, 0.6) is 0 Å². The van der Waals surface area contributed by atoms with Crippen molar-refractivity contribution >= 4 is 47.3 Å². The zero-order valence-electron chi connectivity index (χ0n) is 12.8. The first-order valence-electron chi connectivity index (χ1n) is 7.10. The summed E-state index contributed by atoms with van der Waals surface area (Å²) in [5.74, 6) is 0. The van der Waals surface area contributed by atoms with Crippen LogP contribution in [0.15, 0.2) is 42.7 Å². The highest BCUT2D eigenvalue weighted by Gasteiger charge is 2.08. The molecule has 0 atom stereocenters. The molecule has 0 spiro atoms. The fourth-order valence-corrected chi connectivity index (χ4v) is 2.80. The lowest BCUT2D eigenvalue weighted by Gasteiger charge is -2.05. The van der Waals surface area contributed by atoms with E-state index in [1.807, 2.05) is 42.7 Å². The highest BCUT2D eigenvalue weighted by molar-refractivity contribution is 6.31. The lowest BCUT2D eigenvalue weighted by molar-refractivity contribution is 0.686. The quantitative estimate of drug-likeness (QED) is 0.637. The van der Waals surface area contributed by atoms with E-state index in [2.05, 4.69) is 22.2 Å². The molecule has 0 fully saturated rings. The summed E-state index contributed by atoms with van der Waals surface area (Å²) in [5.41, 5.74) is 4.97. The van der Waals surface area contributed by atoms with E-state index >= 15 is 0 Å². The van der Waals surface area contributed by atoms with E-state index < -0.39 is 0 Å². The fraction of sp³-hybridized carbons (Fsp3) is 0.235. The SMILES string of the molecule is Cc1[nH]c2ccc(Cl)cc2c1CCNCc1ccncc1.Cl.Cl. The van der Waals surface area contributed by atoms with E-state index in [9.17, 15) is 0 Å². The maximum Gasteiger partial charge on any atom is 0.0459 e. The van der Waals surface area contributed by atoms with Gasteiger partial charge in [0.25, 0.3) is 0 Å². The van der Waals surface area contributed by atoms with Crippen molar-refractivity contribution in [3.8, 4) is 0 Å². The van der Waals surface area contributed by atoms with Gasteiger partial charge in [-0.2, -0.15) is 0 Å². The Kier molecular flexibility index (Phi) is 7.86. The summed E-state index contributed by atoms with van der Waals surface area (Å²) in [7, 11) is 0. The molecule has 23 heavy (non-hydrogen) atoms. The zero-order valence-corrected chi connectivity index (χ0v) is 15.2. The predicted molar refractivity (Wildman–Crippen MR) is 102 cm³/mol. The Labute approximate surface area is 153 Å². The number of aromatic amines is 1. The number of benzene rings is 1. The van der Waals surface area contributed by atoms with Gasteiger partial charge in [0.05, 0.1) is 0 Å². The summed E-state index contributed by atoms with van der Waals surface area (Å²) in [6.45, 7) is 3.92. The standard InChI is InChI=1S/C17H18ClN3.2ClH/c1-12-15(16-10-14(18)2-3-17(16)21-12)6-9-20-11-13-4-7-19-8-5-13;;/h2-5,7-8,10,20-21H,6,9,11H2,1H3;2*1H. The number of aryl methyl sites for hydroxylation is 1. The molecule has 3 aromatic rings. The first-order valence-corrected chi connectivity index (χ1v) is 7.48. The minimum absolute atomic E-state index is 0. The predicted octanol–water partition coefficient (Wildman–Crippen LogP) is 4.70. The van der Waals surface area contributed by atoms with Gasteiger partial charge in [-0.3, -0.25) is 4.98 Å². The van der Waals surface area contributed by atoms with Crippen LogP contribution in [0.4, 0.5) is 0 Å². The van der Waals surface area contributed by atoms with Crippen molar-refractivity contribution in [2.45, 2.75) is 19.9 Å². The summed E-state index contributed by atoms with van der Waals surface area (Å²) in [6.07, 6.45) is 4.63. The van der Waals surface area contributed by atoms with Crippen LogP contribution >= 0.6 is 36.4 Å². The second-order valence-electron chi connectivity index (χ2n) is 5.20. The first kappa shape index (κ1) is 19.8. The molecule has 6 heteroatoms. The molecule has 3 rings (SSSR count). The van der Waals surface area contributed by atoms with E-state index in [-0.39, 0.29) is 24.8 Å². The van der Waals surface area contributed by atoms with Crippen LogP contribution in [0.1, 0.15) is 16.8 Å². The highest BCUT2D eigenvalue weighted by Crippen LogP contribution is 2.25. The van der Waals surface area contributed by atoms with Crippen LogP contribution in [-0.2, 0) is 13.0 Å². The third-order valence-electron chi connectivity index (χ3n) is 3.71. The van der Waals surface area contributed by atoms with Gasteiger partial charge in [0.15, 0.2) is 0 Å². The molecule has 0 saturated heterocycles. The number of nitrogens with zero attached hydrogens (tertiary/aromatic N) is 1. The minimum atomic E-state index is 0. The van der Waals surface area contributed by atoms with Gasteiger partial charge in [0.2, 0.25) is 0 Å². The molecule has 0 aliphatic heterocycles. The van der Waals surface area contributed by atoms with Gasteiger partial charge in [0.1, 0.15) is 0 Å². The Bertz CT molecular complexity index is 741. The van der Waals surface area contributed by atoms with Crippen molar-refractivity contribution in [3.05, 3.63) is 64.6 Å². The van der Waals surface area contributed by atoms with Gasteiger partial charge < -0.3 is 10.3 Å². The van der Waals surface area contributed by atoms with Crippen molar-refractivity contribution in [2.75, 3.05) is 6.54 Å². The molecule has 0 saturated carbocycles. The van der Waals surface area contributed by atoms with E-state index in [1.165, 1.54) is 22.2 Å². The van der Waals surface area contributed by atoms with Crippen LogP contribution in [-0.4, -0.2) is 16.5 Å². The Morgan fingerprint density at radius 1 is 1.13 bits per heavy atom. The van der Waals surface area contributed by atoms with Gasteiger partial charge in [-0.1, -0.05) is 11.6 Å². The maximum absolute atomic E-state index is 6.11. The summed E-state index contributed by atoms with van der Waals surface area (Å²) in [4.78, 5) is 7.44. The molecule has 3 nitrogen and oxygen atoms in total. The summed E-state index contributed by atoms with van der Waals surface area (Å²) in [6, 6.07) is 10.1. The van der Waals surface area contributed by atoms with Gasteiger partial charge in [-0.05, 0) is 61.3 Å². The molecular formula is C17H20Cl3N3. The van der Waals surface area contributed by atoms with E-state index in [4.69, 9.17) is 11.6 Å². The lowest BCUT2D eigenvalue weighted by Crippen LogP contribution is -2.16. The molecule has 2 heterocycles. The van der Waals surface area contributed by atoms with Gasteiger partial charge in [-0.25, -0.2) is 0 Å². The largest absolute Gasteiger partial charge is 0.358 e. The molecule has 0 amide bonds. The van der Waals surface area contributed by atoms with Gasteiger partial charge >= 0.3 is 0 Å². The average molecular weight is 373 g/mol. The Hall–Kier alpha value is -1.26. The normalized spacial score (nSPS) is 10.2. The summed E-state index contributed by atoms with van der Waals surface area (Å²) < 4.78 is 0. The molecule has 124 valence electrons. The van der Waals surface area contributed by atoms with E-state index in [1.54, 1.807) is 0 Å². The molecular weight excluding hydrogens is 353 g/mol.